The highest BCUT2D eigenvalue weighted by Crippen LogP contribution is 1.81. The average Bonchev–Trinajstić information content (AvgIpc) is 1.72. The first-order chi connectivity index (χ1) is 3.35. The van der Waals surface area contributed by atoms with Crippen molar-refractivity contribution in [3.8, 4) is 0 Å². The molecule has 0 atom stereocenters. The van der Waals surface area contributed by atoms with E-state index in [-0.39, 0.29) is 24.0 Å². The standard InChI is InChI=1S/C6H15N.H2I/c1-4-7(5-2)6-3;/h4-6H2,1-3H3;1H2/q;+1. The number of nitrogens with zero attached hydrogens (tertiary/aromatic N) is 1. The Morgan fingerprint density at radius 1 is 0.875 bits per heavy atom. The summed E-state index contributed by atoms with van der Waals surface area (Å²) >= 11 is 0. The molecule has 0 heterocycles. The Morgan fingerprint density at radius 3 is 1.12 bits per heavy atom. The molecule has 0 amide bonds. The summed E-state index contributed by atoms with van der Waals surface area (Å²) in [5.41, 5.74) is 0. The van der Waals surface area contributed by atoms with Gasteiger partial charge in [0, 0.05) is 0 Å². The van der Waals surface area contributed by atoms with Gasteiger partial charge in [-0.3, -0.25) is 0 Å². The molecule has 0 aromatic carbocycles. The van der Waals surface area contributed by atoms with E-state index in [1.165, 1.54) is 19.6 Å². The predicted molar refractivity (Wildman–Crippen MR) is 36.3 cm³/mol. The van der Waals surface area contributed by atoms with Gasteiger partial charge in [0.25, 0.3) is 0 Å². The zero-order chi connectivity index (χ0) is 5.70. The van der Waals surface area contributed by atoms with E-state index in [9.17, 15) is 0 Å². The highest BCUT2D eigenvalue weighted by molar-refractivity contribution is 4.43. The van der Waals surface area contributed by atoms with Crippen LogP contribution in [-0.2, 0) is 0 Å². The topological polar surface area (TPSA) is 3.24 Å². The van der Waals surface area contributed by atoms with Gasteiger partial charge in [0.15, 0.2) is 0 Å². The summed E-state index contributed by atoms with van der Waals surface area (Å²) in [6, 6.07) is 0. The van der Waals surface area contributed by atoms with Gasteiger partial charge in [0.2, 0.25) is 24.0 Å². The molecule has 0 aliphatic carbocycles. The lowest BCUT2D eigenvalue weighted by Crippen LogP contribution is -3.00. The van der Waals surface area contributed by atoms with Crippen LogP contribution in [-0.4, -0.2) is 24.5 Å². The molecule has 0 saturated heterocycles. The molecule has 0 saturated carbocycles. The Morgan fingerprint density at radius 2 is 1.12 bits per heavy atom. The third-order valence-corrected chi connectivity index (χ3v) is 1.34. The zero-order valence-corrected chi connectivity index (χ0v) is 8.57. The normalized spacial score (nSPS) is 9.00. The van der Waals surface area contributed by atoms with E-state index in [0.717, 1.165) is 0 Å². The van der Waals surface area contributed by atoms with Gasteiger partial charge in [-0.05, 0) is 19.6 Å². The fourth-order valence-electron chi connectivity index (χ4n) is 0.671. The second-order valence-corrected chi connectivity index (χ2v) is 1.62. The van der Waals surface area contributed by atoms with Crippen LogP contribution in [0, 0.1) is 0 Å². The monoisotopic (exact) mass is 230 g/mol. The molecule has 0 aromatic heterocycles. The van der Waals surface area contributed by atoms with E-state index in [2.05, 4.69) is 25.7 Å². The minimum absolute atomic E-state index is 0. The molecule has 0 radical (unpaired) electrons. The third kappa shape index (κ3) is 4.84. The van der Waals surface area contributed by atoms with Crippen molar-refractivity contribution in [3.63, 3.8) is 0 Å². The van der Waals surface area contributed by atoms with Crippen LogP contribution in [0.1, 0.15) is 20.8 Å². The van der Waals surface area contributed by atoms with Crippen LogP contribution in [0.5, 0.6) is 0 Å². The van der Waals surface area contributed by atoms with Crippen LogP contribution in [0.4, 0.5) is 0 Å². The maximum absolute atomic E-state index is 2.38. The lowest BCUT2D eigenvalue weighted by atomic mass is 10.5. The van der Waals surface area contributed by atoms with Gasteiger partial charge in [-0.25, -0.2) is 0 Å². The summed E-state index contributed by atoms with van der Waals surface area (Å²) in [6.45, 7) is 10.1. The highest BCUT2D eigenvalue weighted by Gasteiger charge is 1.89. The lowest BCUT2D eigenvalue weighted by Gasteiger charge is -2.13. The predicted octanol–water partition coefficient (Wildman–Crippen LogP) is -2.18. The molecule has 0 aromatic rings. The van der Waals surface area contributed by atoms with Crippen molar-refractivity contribution in [1.29, 1.82) is 0 Å². The van der Waals surface area contributed by atoms with Crippen LogP contribution in [0.3, 0.4) is 0 Å². The number of hydrogen-bond donors (Lipinski definition) is 0. The van der Waals surface area contributed by atoms with E-state index in [1.54, 1.807) is 0 Å². The average molecular weight is 230 g/mol. The molecule has 1 nitrogen and oxygen atoms in total. The van der Waals surface area contributed by atoms with Gasteiger partial charge in [0.1, 0.15) is 0 Å². The van der Waals surface area contributed by atoms with E-state index in [4.69, 9.17) is 0 Å². The second kappa shape index (κ2) is 7.69. The minimum Gasteiger partial charge on any atom is -0.304 e. The van der Waals surface area contributed by atoms with Crippen LogP contribution in [0.2, 0.25) is 0 Å². The Hall–Kier alpha value is 0.690. The number of rotatable bonds is 3. The fraction of sp³-hybridized carbons (Fsp3) is 1.00. The summed E-state index contributed by atoms with van der Waals surface area (Å²) < 4.78 is 0. The number of hydrogen-bond acceptors (Lipinski definition) is 1. The lowest BCUT2D eigenvalue weighted by molar-refractivity contribution is -0.00000175. The van der Waals surface area contributed by atoms with Gasteiger partial charge >= 0.3 is 0 Å². The van der Waals surface area contributed by atoms with E-state index < -0.39 is 0 Å². The molecule has 0 rings (SSSR count). The van der Waals surface area contributed by atoms with Crippen molar-refractivity contribution >= 4 is 0 Å². The Kier molecular flexibility index (Phi) is 11.0. The molecule has 0 fully saturated rings. The molecule has 0 spiro atoms. The van der Waals surface area contributed by atoms with E-state index >= 15 is 0 Å². The molecule has 8 heavy (non-hydrogen) atoms. The molecule has 0 bridgehead atoms. The van der Waals surface area contributed by atoms with Crippen molar-refractivity contribution in [2.24, 2.45) is 0 Å². The zero-order valence-electron chi connectivity index (χ0n) is 6.02. The molecule has 0 aliphatic rings. The van der Waals surface area contributed by atoms with E-state index in [0.29, 0.717) is 0 Å². The fourth-order valence-corrected chi connectivity index (χ4v) is 0.671. The van der Waals surface area contributed by atoms with Crippen LogP contribution >= 0.6 is 0 Å². The van der Waals surface area contributed by atoms with Crippen molar-refractivity contribution in [1.82, 2.24) is 4.90 Å². The van der Waals surface area contributed by atoms with Crippen molar-refractivity contribution in [2.75, 3.05) is 19.6 Å². The van der Waals surface area contributed by atoms with Gasteiger partial charge in [-0.2, -0.15) is 0 Å². The molecule has 0 unspecified atom stereocenters. The summed E-state index contributed by atoms with van der Waals surface area (Å²) in [7, 11) is 0. The van der Waals surface area contributed by atoms with Crippen molar-refractivity contribution in [2.45, 2.75) is 20.8 Å². The van der Waals surface area contributed by atoms with E-state index in [1.807, 2.05) is 0 Å². The van der Waals surface area contributed by atoms with Gasteiger partial charge in [0.05, 0.1) is 0 Å². The Labute approximate surface area is 69.5 Å². The first kappa shape index (κ1) is 11.5. The Balaban J connectivity index is 0. The largest absolute Gasteiger partial charge is 0.304 e. The molecule has 0 aliphatic heterocycles. The second-order valence-electron chi connectivity index (χ2n) is 1.62. The molecular weight excluding hydrogens is 213 g/mol. The molecule has 52 valence electrons. The van der Waals surface area contributed by atoms with Crippen LogP contribution in [0.15, 0.2) is 0 Å². The van der Waals surface area contributed by atoms with Gasteiger partial charge < -0.3 is 4.90 Å². The summed E-state index contributed by atoms with van der Waals surface area (Å²) in [5.74, 6) is 0. The highest BCUT2D eigenvalue weighted by atomic mass is 127. The van der Waals surface area contributed by atoms with Crippen LogP contribution in [0.25, 0.3) is 0 Å². The SMILES string of the molecule is CCN(CC)CC.[IH2+]. The molecule has 2 heteroatoms. The third-order valence-electron chi connectivity index (χ3n) is 1.34. The van der Waals surface area contributed by atoms with Crippen molar-refractivity contribution in [3.05, 3.63) is 0 Å². The minimum atomic E-state index is 0. The summed E-state index contributed by atoms with van der Waals surface area (Å²) in [5, 5.41) is 0. The summed E-state index contributed by atoms with van der Waals surface area (Å²) in [4.78, 5) is 2.38. The number of halogens is 1. The molecule has 0 N–H and O–H groups in total. The summed E-state index contributed by atoms with van der Waals surface area (Å²) in [6.07, 6.45) is 0. The first-order valence-electron chi connectivity index (χ1n) is 3.07. The van der Waals surface area contributed by atoms with Crippen molar-refractivity contribution < 1.29 is 24.0 Å². The Bertz CT molecular complexity index is 30.0. The smallest absolute Gasteiger partial charge is 0.235 e. The van der Waals surface area contributed by atoms with Gasteiger partial charge in [-0.15, -0.1) is 0 Å². The molecular formula is C6H17IN+. The maximum Gasteiger partial charge on any atom is 0.235 e. The van der Waals surface area contributed by atoms with Gasteiger partial charge in [-0.1, -0.05) is 20.8 Å². The van der Waals surface area contributed by atoms with Crippen LogP contribution < -0.4 is 24.0 Å². The quantitative estimate of drug-likeness (QED) is 0.498. The first-order valence-corrected chi connectivity index (χ1v) is 3.07. The maximum atomic E-state index is 2.38.